The van der Waals surface area contributed by atoms with Gasteiger partial charge in [-0.1, -0.05) is 6.07 Å². The fraction of sp³-hybridized carbons (Fsp3) is 0.0833. The Kier molecular flexibility index (Phi) is 4.24. The van der Waals surface area contributed by atoms with Crippen molar-refractivity contribution in [3.63, 3.8) is 0 Å². The van der Waals surface area contributed by atoms with Gasteiger partial charge in [-0.25, -0.2) is 13.4 Å². The van der Waals surface area contributed by atoms with E-state index in [0.717, 1.165) is 6.07 Å². The Balaban J connectivity index is 2.36. The second-order valence-electron chi connectivity index (χ2n) is 4.14. The maximum absolute atomic E-state index is 12.2. The minimum absolute atomic E-state index is 0.0903. The number of halogens is 1. The molecule has 0 saturated carbocycles. The van der Waals surface area contributed by atoms with Gasteiger partial charge in [0.15, 0.2) is 0 Å². The van der Waals surface area contributed by atoms with Crippen LogP contribution in [-0.4, -0.2) is 18.3 Å². The van der Waals surface area contributed by atoms with E-state index in [4.69, 9.17) is 0 Å². The second kappa shape index (κ2) is 5.78. The first-order valence-corrected chi connectivity index (χ1v) is 7.97. The zero-order valence-electron chi connectivity index (χ0n) is 10.8. The molecule has 0 aliphatic carbocycles. The van der Waals surface area contributed by atoms with Crippen molar-refractivity contribution in [2.24, 2.45) is 0 Å². The Morgan fingerprint density at radius 2 is 2.00 bits per heavy atom. The molecule has 110 valence electrons. The number of anilines is 1. The van der Waals surface area contributed by atoms with Crippen molar-refractivity contribution < 1.29 is 13.3 Å². The highest BCUT2D eigenvalue weighted by Gasteiger charge is 2.19. The highest BCUT2D eigenvalue weighted by Crippen LogP contribution is 2.28. The van der Waals surface area contributed by atoms with Crippen LogP contribution in [0.3, 0.4) is 0 Å². The Labute approximate surface area is 129 Å². The molecule has 21 heavy (non-hydrogen) atoms. The zero-order valence-corrected chi connectivity index (χ0v) is 13.2. The number of nitrogens with one attached hydrogen (secondary N) is 1. The summed E-state index contributed by atoms with van der Waals surface area (Å²) in [5, 5.41) is 10.7. The lowest BCUT2D eigenvalue weighted by Gasteiger charge is -2.08. The molecule has 0 fully saturated rings. The van der Waals surface area contributed by atoms with Crippen LogP contribution in [0.4, 0.5) is 11.5 Å². The molecule has 1 heterocycles. The van der Waals surface area contributed by atoms with Gasteiger partial charge in [-0.3, -0.25) is 14.8 Å². The third kappa shape index (κ3) is 3.56. The number of rotatable bonds is 4. The fourth-order valence-corrected chi connectivity index (χ4v) is 3.30. The van der Waals surface area contributed by atoms with Crippen LogP contribution < -0.4 is 4.72 Å². The monoisotopic (exact) mass is 371 g/mol. The van der Waals surface area contributed by atoms with Gasteiger partial charge < -0.3 is 0 Å². The topological polar surface area (TPSA) is 102 Å². The second-order valence-corrected chi connectivity index (χ2v) is 6.68. The van der Waals surface area contributed by atoms with Gasteiger partial charge in [-0.05, 0) is 47.1 Å². The molecule has 0 aliphatic rings. The summed E-state index contributed by atoms with van der Waals surface area (Å²) in [5.41, 5.74) is 0.461. The maximum atomic E-state index is 12.2. The van der Waals surface area contributed by atoms with Gasteiger partial charge in [0.2, 0.25) is 0 Å². The molecule has 9 heteroatoms. The Morgan fingerprint density at radius 3 is 2.57 bits per heavy atom. The van der Waals surface area contributed by atoms with Gasteiger partial charge in [-0.15, -0.1) is 0 Å². The smallest absolute Gasteiger partial charge is 0.263 e. The number of hydrogen-bond donors (Lipinski definition) is 1. The van der Waals surface area contributed by atoms with E-state index in [1.165, 1.54) is 18.2 Å². The van der Waals surface area contributed by atoms with E-state index >= 15 is 0 Å². The van der Waals surface area contributed by atoms with E-state index in [2.05, 4.69) is 25.6 Å². The normalized spacial score (nSPS) is 11.1. The standard InChI is InChI=1S/C12H10BrN3O4S/c1-8-3-2-4-12(14-8)15-21(19,20)9-5-6-11(16(17)18)10(13)7-9/h2-7H,1H3,(H,14,15). The first kappa shape index (κ1) is 15.4. The Morgan fingerprint density at radius 1 is 1.29 bits per heavy atom. The summed E-state index contributed by atoms with van der Waals surface area (Å²) >= 11 is 2.99. The van der Waals surface area contributed by atoms with Gasteiger partial charge in [0.25, 0.3) is 15.7 Å². The number of sulfonamides is 1. The van der Waals surface area contributed by atoms with Crippen LogP contribution in [0.15, 0.2) is 45.8 Å². The van der Waals surface area contributed by atoms with Crippen molar-refractivity contribution in [2.45, 2.75) is 11.8 Å². The molecule has 1 N–H and O–H groups in total. The first-order valence-electron chi connectivity index (χ1n) is 5.70. The average Bonchev–Trinajstić information content (AvgIpc) is 2.37. The van der Waals surface area contributed by atoms with Crippen LogP contribution >= 0.6 is 15.9 Å². The number of benzene rings is 1. The lowest BCUT2D eigenvalue weighted by atomic mass is 10.3. The van der Waals surface area contributed by atoms with Crippen molar-refractivity contribution in [1.82, 2.24) is 4.98 Å². The van der Waals surface area contributed by atoms with Crippen molar-refractivity contribution >= 4 is 37.5 Å². The number of pyridine rings is 1. The van der Waals surface area contributed by atoms with E-state index in [-0.39, 0.29) is 20.9 Å². The van der Waals surface area contributed by atoms with Crippen LogP contribution in [0, 0.1) is 17.0 Å². The average molecular weight is 372 g/mol. The molecule has 2 aromatic rings. The van der Waals surface area contributed by atoms with E-state index in [9.17, 15) is 18.5 Å². The number of nitrogens with zero attached hydrogens (tertiary/aromatic N) is 2. The van der Waals surface area contributed by atoms with Crippen LogP contribution in [0.2, 0.25) is 0 Å². The molecule has 0 radical (unpaired) electrons. The van der Waals surface area contributed by atoms with Gasteiger partial charge in [0, 0.05) is 11.8 Å². The van der Waals surface area contributed by atoms with E-state index in [1.54, 1.807) is 19.1 Å². The van der Waals surface area contributed by atoms with Crippen LogP contribution in [0.5, 0.6) is 0 Å². The van der Waals surface area contributed by atoms with Crippen molar-refractivity contribution in [3.05, 3.63) is 56.7 Å². The van der Waals surface area contributed by atoms with E-state index in [1.807, 2.05) is 0 Å². The zero-order chi connectivity index (χ0) is 15.6. The van der Waals surface area contributed by atoms with Gasteiger partial charge in [0.05, 0.1) is 14.3 Å². The highest BCUT2D eigenvalue weighted by atomic mass is 79.9. The number of aromatic nitrogens is 1. The summed E-state index contributed by atoms with van der Waals surface area (Å²) in [6.45, 7) is 1.74. The van der Waals surface area contributed by atoms with Crippen molar-refractivity contribution in [1.29, 1.82) is 0 Å². The first-order chi connectivity index (χ1) is 9.79. The summed E-state index contributed by atoms with van der Waals surface area (Å²) in [5.74, 6) is 0.185. The molecule has 0 amide bonds. The van der Waals surface area contributed by atoms with E-state index < -0.39 is 14.9 Å². The molecule has 7 nitrogen and oxygen atoms in total. The molecule has 0 spiro atoms. The predicted octanol–water partition coefficient (Wildman–Crippen LogP) is 2.86. The highest BCUT2D eigenvalue weighted by molar-refractivity contribution is 9.10. The van der Waals surface area contributed by atoms with Crippen molar-refractivity contribution in [3.8, 4) is 0 Å². The minimum atomic E-state index is -3.86. The fourth-order valence-electron chi connectivity index (χ4n) is 1.60. The molecular formula is C12H10BrN3O4S. The predicted molar refractivity (Wildman–Crippen MR) is 80.6 cm³/mol. The molecule has 1 aromatic carbocycles. The summed E-state index contributed by atoms with van der Waals surface area (Å²) < 4.78 is 26.8. The molecule has 0 bridgehead atoms. The summed E-state index contributed by atoms with van der Waals surface area (Å²) in [7, 11) is -3.86. The third-order valence-corrected chi connectivity index (χ3v) is 4.54. The summed E-state index contributed by atoms with van der Waals surface area (Å²) in [6.07, 6.45) is 0. The number of aryl methyl sites for hydroxylation is 1. The maximum Gasteiger partial charge on any atom is 0.283 e. The molecule has 0 unspecified atom stereocenters. The largest absolute Gasteiger partial charge is 0.283 e. The van der Waals surface area contributed by atoms with Crippen molar-refractivity contribution in [2.75, 3.05) is 4.72 Å². The molecule has 2 rings (SSSR count). The number of nitro groups is 1. The lowest BCUT2D eigenvalue weighted by Crippen LogP contribution is -2.14. The van der Waals surface area contributed by atoms with Gasteiger partial charge >= 0.3 is 0 Å². The van der Waals surface area contributed by atoms with E-state index in [0.29, 0.717) is 5.69 Å². The van der Waals surface area contributed by atoms with Gasteiger partial charge in [-0.2, -0.15) is 0 Å². The van der Waals surface area contributed by atoms with Crippen LogP contribution in [-0.2, 0) is 10.0 Å². The number of hydrogen-bond acceptors (Lipinski definition) is 5. The molecular weight excluding hydrogens is 362 g/mol. The van der Waals surface area contributed by atoms with Crippen LogP contribution in [0.25, 0.3) is 0 Å². The summed E-state index contributed by atoms with van der Waals surface area (Å²) in [4.78, 5) is 14.1. The molecule has 0 aliphatic heterocycles. The SMILES string of the molecule is Cc1cccc(NS(=O)(=O)c2ccc([N+](=O)[O-])c(Br)c2)n1. The Bertz CT molecular complexity index is 808. The molecule has 1 aromatic heterocycles. The Hall–Kier alpha value is -2.00. The summed E-state index contributed by atoms with van der Waals surface area (Å²) in [6, 6.07) is 8.40. The minimum Gasteiger partial charge on any atom is -0.263 e. The van der Waals surface area contributed by atoms with Crippen LogP contribution in [0.1, 0.15) is 5.69 Å². The lowest BCUT2D eigenvalue weighted by molar-refractivity contribution is -0.385. The van der Waals surface area contributed by atoms with Gasteiger partial charge in [0.1, 0.15) is 5.82 Å². The number of nitro benzene ring substituents is 1. The molecule has 0 atom stereocenters. The quantitative estimate of drug-likeness (QED) is 0.657. The molecule has 0 saturated heterocycles. The third-order valence-electron chi connectivity index (χ3n) is 2.55.